The zero-order chi connectivity index (χ0) is 13.9. The third kappa shape index (κ3) is 2.51. The molecule has 0 aliphatic heterocycles. The van der Waals surface area contributed by atoms with Crippen LogP contribution in [-0.4, -0.2) is 21.2 Å². The first-order chi connectivity index (χ1) is 9.72. The number of aryl methyl sites for hydroxylation is 1. The molecule has 0 radical (unpaired) electrons. The number of aliphatic carboxylic acids is 1. The molecule has 3 rings (SSSR count). The summed E-state index contributed by atoms with van der Waals surface area (Å²) in [4.78, 5) is 14.7. The van der Waals surface area contributed by atoms with Crippen molar-refractivity contribution in [3.8, 4) is 11.4 Å². The monoisotopic (exact) mass is 268 g/mol. The molecule has 1 heterocycles. The van der Waals surface area contributed by atoms with E-state index in [0.717, 1.165) is 16.3 Å². The minimum absolute atomic E-state index is 0.0145. The Morgan fingerprint density at radius 2 is 1.95 bits per heavy atom. The summed E-state index contributed by atoms with van der Waals surface area (Å²) in [6.45, 7) is 0. The second-order valence-corrected chi connectivity index (χ2v) is 4.47. The molecule has 100 valence electrons. The Bertz CT molecular complexity index is 764. The predicted octanol–water partition coefficient (Wildman–Crippen LogP) is 2.91. The zero-order valence-electron chi connectivity index (χ0n) is 10.6. The fourth-order valence-electron chi connectivity index (χ4n) is 2.02. The molecule has 5 nitrogen and oxygen atoms in total. The summed E-state index contributed by atoms with van der Waals surface area (Å²) in [5, 5.41) is 14.8. The topological polar surface area (TPSA) is 76.2 Å². The lowest BCUT2D eigenvalue weighted by molar-refractivity contribution is -0.137. The molecule has 0 bridgehead atoms. The fourth-order valence-corrected chi connectivity index (χ4v) is 2.02. The third-order valence-corrected chi connectivity index (χ3v) is 3.03. The molecule has 20 heavy (non-hydrogen) atoms. The summed E-state index contributed by atoms with van der Waals surface area (Å²) in [6, 6.07) is 13.9. The van der Waals surface area contributed by atoms with Gasteiger partial charge in [-0.25, -0.2) is 0 Å². The molecule has 1 aromatic heterocycles. The fraction of sp³-hybridized carbons (Fsp3) is 0.133. The van der Waals surface area contributed by atoms with Crippen molar-refractivity contribution in [2.75, 3.05) is 0 Å². The Hall–Kier alpha value is -2.69. The maximum Gasteiger partial charge on any atom is 0.303 e. The molecular weight excluding hydrogens is 256 g/mol. The predicted molar refractivity (Wildman–Crippen MR) is 73.2 cm³/mol. The van der Waals surface area contributed by atoms with Gasteiger partial charge < -0.3 is 9.63 Å². The van der Waals surface area contributed by atoms with Gasteiger partial charge in [-0.05, 0) is 16.8 Å². The van der Waals surface area contributed by atoms with Crippen molar-refractivity contribution in [2.45, 2.75) is 12.8 Å². The number of hydrogen-bond donors (Lipinski definition) is 1. The number of aromatic nitrogens is 2. The summed E-state index contributed by atoms with van der Waals surface area (Å²) in [5.41, 5.74) is 0.856. The number of carboxylic acid groups (broad SMARTS) is 1. The molecule has 0 aliphatic carbocycles. The normalized spacial score (nSPS) is 10.8. The zero-order valence-corrected chi connectivity index (χ0v) is 10.6. The van der Waals surface area contributed by atoms with E-state index < -0.39 is 5.97 Å². The van der Waals surface area contributed by atoms with Gasteiger partial charge in [-0.15, -0.1) is 0 Å². The van der Waals surface area contributed by atoms with E-state index in [1.807, 2.05) is 42.5 Å². The van der Waals surface area contributed by atoms with E-state index in [4.69, 9.17) is 9.63 Å². The van der Waals surface area contributed by atoms with Crippen LogP contribution in [0.25, 0.3) is 22.2 Å². The van der Waals surface area contributed by atoms with Crippen LogP contribution in [-0.2, 0) is 11.2 Å². The van der Waals surface area contributed by atoms with Crippen LogP contribution < -0.4 is 0 Å². The van der Waals surface area contributed by atoms with E-state index >= 15 is 0 Å². The first-order valence-electron chi connectivity index (χ1n) is 6.26. The standard InChI is InChI=1S/C15H12N2O3/c18-14(19)8-7-13-16-15(17-20-13)12-6-5-10-3-1-2-4-11(10)9-12/h1-6,9H,7-8H2,(H,18,19). The Kier molecular flexibility index (Phi) is 3.16. The average molecular weight is 268 g/mol. The summed E-state index contributed by atoms with van der Waals surface area (Å²) < 4.78 is 5.06. The highest BCUT2D eigenvalue weighted by Gasteiger charge is 2.10. The van der Waals surface area contributed by atoms with Crippen molar-refractivity contribution in [1.82, 2.24) is 10.1 Å². The van der Waals surface area contributed by atoms with Crippen molar-refractivity contribution < 1.29 is 14.4 Å². The van der Waals surface area contributed by atoms with Gasteiger partial charge in [0.05, 0.1) is 6.42 Å². The Morgan fingerprint density at radius 3 is 2.75 bits per heavy atom. The molecule has 0 saturated heterocycles. The number of hydrogen-bond acceptors (Lipinski definition) is 4. The van der Waals surface area contributed by atoms with Crippen LogP contribution in [0.2, 0.25) is 0 Å². The van der Waals surface area contributed by atoms with E-state index in [1.54, 1.807) is 0 Å². The highest BCUT2D eigenvalue weighted by Crippen LogP contribution is 2.22. The Morgan fingerprint density at radius 1 is 1.15 bits per heavy atom. The molecule has 0 aliphatic rings. The van der Waals surface area contributed by atoms with Crippen molar-refractivity contribution in [3.05, 3.63) is 48.4 Å². The molecule has 0 spiro atoms. The molecule has 2 aromatic carbocycles. The van der Waals surface area contributed by atoms with Crippen LogP contribution in [0.5, 0.6) is 0 Å². The molecule has 3 aromatic rings. The van der Waals surface area contributed by atoms with Crippen LogP contribution in [0, 0.1) is 0 Å². The smallest absolute Gasteiger partial charge is 0.303 e. The molecule has 1 N–H and O–H groups in total. The van der Waals surface area contributed by atoms with Gasteiger partial charge in [0.1, 0.15) is 0 Å². The van der Waals surface area contributed by atoms with Gasteiger partial charge in [0.15, 0.2) is 0 Å². The SMILES string of the molecule is O=C(O)CCc1nc(-c2ccc3ccccc3c2)no1. The second-order valence-electron chi connectivity index (χ2n) is 4.47. The number of fused-ring (bicyclic) bond motifs is 1. The van der Waals surface area contributed by atoms with Gasteiger partial charge in [-0.2, -0.15) is 4.98 Å². The molecule has 0 unspecified atom stereocenters. The van der Waals surface area contributed by atoms with Crippen LogP contribution >= 0.6 is 0 Å². The van der Waals surface area contributed by atoms with E-state index in [0.29, 0.717) is 11.7 Å². The first kappa shape index (κ1) is 12.3. The lowest BCUT2D eigenvalue weighted by Gasteiger charge is -1.99. The third-order valence-electron chi connectivity index (χ3n) is 3.03. The molecular formula is C15H12N2O3. The highest BCUT2D eigenvalue weighted by molar-refractivity contribution is 5.86. The summed E-state index contributed by atoms with van der Waals surface area (Å²) in [6.07, 6.45) is 0.231. The maximum atomic E-state index is 10.5. The summed E-state index contributed by atoms with van der Waals surface area (Å²) in [7, 11) is 0. The Labute approximate surface area is 114 Å². The average Bonchev–Trinajstić information content (AvgIpc) is 2.93. The van der Waals surface area contributed by atoms with E-state index in [9.17, 15) is 4.79 Å². The number of rotatable bonds is 4. The number of benzene rings is 2. The van der Waals surface area contributed by atoms with Crippen molar-refractivity contribution in [1.29, 1.82) is 0 Å². The van der Waals surface area contributed by atoms with Gasteiger partial charge in [-0.1, -0.05) is 41.6 Å². The van der Waals surface area contributed by atoms with Crippen molar-refractivity contribution >= 4 is 16.7 Å². The highest BCUT2D eigenvalue weighted by atomic mass is 16.5. The quantitative estimate of drug-likeness (QED) is 0.787. The molecule has 0 saturated carbocycles. The van der Waals surface area contributed by atoms with Crippen molar-refractivity contribution in [3.63, 3.8) is 0 Å². The summed E-state index contributed by atoms with van der Waals surface area (Å²) >= 11 is 0. The van der Waals surface area contributed by atoms with Gasteiger partial charge in [0.25, 0.3) is 0 Å². The lowest BCUT2D eigenvalue weighted by atomic mass is 10.1. The minimum atomic E-state index is -0.879. The molecule has 0 fully saturated rings. The maximum absolute atomic E-state index is 10.5. The number of carboxylic acids is 1. The molecule has 5 heteroatoms. The van der Waals surface area contributed by atoms with Gasteiger partial charge in [0.2, 0.25) is 11.7 Å². The van der Waals surface area contributed by atoms with Crippen molar-refractivity contribution in [2.24, 2.45) is 0 Å². The molecule has 0 atom stereocenters. The van der Waals surface area contributed by atoms with Gasteiger partial charge in [-0.3, -0.25) is 4.79 Å². The van der Waals surface area contributed by atoms with Crippen LogP contribution in [0.1, 0.15) is 12.3 Å². The van der Waals surface area contributed by atoms with Crippen LogP contribution in [0.15, 0.2) is 47.0 Å². The summed E-state index contributed by atoms with van der Waals surface area (Å²) in [5.74, 6) is -0.0536. The number of nitrogens with zero attached hydrogens (tertiary/aromatic N) is 2. The largest absolute Gasteiger partial charge is 0.481 e. The molecule has 0 amide bonds. The first-order valence-corrected chi connectivity index (χ1v) is 6.26. The van der Waals surface area contributed by atoms with Crippen LogP contribution in [0.4, 0.5) is 0 Å². The second kappa shape index (κ2) is 5.13. The Balaban J connectivity index is 1.89. The number of carbonyl (C=O) groups is 1. The minimum Gasteiger partial charge on any atom is -0.481 e. The lowest BCUT2D eigenvalue weighted by Crippen LogP contribution is -1.97. The van der Waals surface area contributed by atoms with Crippen LogP contribution in [0.3, 0.4) is 0 Å². The van der Waals surface area contributed by atoms with E-state index in [-0.39, 0.29) is 12.8 Å². The van der Waals surface area contributed by atoms with Gasteiger partial charge in [0, 0.05) is 12.0 Å². The van der Waals surface area contributed by atoms with Gasteiger partial charge >= 0.3 is 5.97 Å². The van der Waals surface area contributed by atoms with E-state index in [2.05, 4.69) is 10.1 Å². The van der Waals surface area contributed by atoms with E-state index in [1.165, 1.54) is 0 Å².